The normalized spacial score (nSPS) is 9.20. The van der Waals surface area contributed by atoms with Crippen LogP contribution >= 0.6 is 0 Å². The van der Waals surface area contributed by atoms with Gasteiger partial charge in [0.1, 0.15) is 12.2 Å². The molecule has 15 heavy (non-hydrogen) atoms. The number of benzene rings is 1. The summed E-state index contributed by atoms with van der Waals surface area (Å²) in [5, 5.41) is 8.37. The molecule has 0 aromatic heterocycles. The van der Waals surface area contributed by atoms with Gasteiger partial charge in [0.2, 0.25) is 0 Å². The minimum atomic E-state index is -1.01. The molecule has 0 bridgehead atoms. The van der Waals surface area contributed by atoms with Crippen LogP contribution in [0, 0.1) is 24.6 Å². The van der Waals surface area contributed by atoms with E-state index in [-0.39, 0.29) is 6.42 Å². The minimum absolute atomic E-state index is 0.268. The largest absolute Gasteiger partial charge is 0.481 e. The zero-order valence-corrected chi connectivity index (χ0v) is 8.17. The quantitative estimate of drug-likeness (QED) is 0.542. The summed E-state index contributed by atoms with van der Waals surface area (Å²) in [7, 11) is 0. The number of nitrogen functional groups attached to an aromatic ring is 1. The Kier molecular flexibility index (Phi) is 3.29. The van der Waals surface area contributed by atoms with Crippen LogP contribution in [0.5, 0.6) is 0 Å². The van der Waals surface area contributed by atoms with Crippen LogP contribution in [0.4, 0.5) is 10.1 Å². The van der Waals surface area contributed by atoms with E-state index in [4.69, 9.17) is 10.8 Å². The molecule has 0 fully saturated rings. The number of aliphatic carboxylic acids is 1. The van der Waals surface area contributed by atoms with Crippen LogP contribution in [0.15, 0.2) is 12.1 Å². The molecular weight excluding hydrogens is 197 g/mol. The average molecular weight is 207 g/mol. The molecule has 1 aromatic carbocycles. The van der Waals surface area contributed by atoms with E-state index in [1.54, 1.807) is 6.92 Å². The number of carboxylic acid groups (broad SMARTS) is 1. The van der Waals surface area contributed by atoms with Gasteiger partial charge in [-0.25, -0.2) is 4.39 Å². The first-order chi connectivity index (χ1) is 7.00. The van der Waals surface area contributed by atoms with Crippen LogP contribution in [0.1, 0.15) is 17.5 Å². The van der Waals surface area contributed by atoms with Crippen molar-refractivity contribution in [2.24, 2.45) is 0 Å². The van der Waals surface area contributed by atoms with E-state index in [9.17, 15) is 9.18 Å². The van der Waals surface area contributed by atoms with E-state index in [1.807, 2.05) is 0 Å². The van der Waals surface area contributed by atoms with Crippen molar-refractivity contribution in [1.82, 2.24) is 0 Å². The summed E-state index contributed by atoms with van der Waals surface area (Å²) < 4.78 is 12.9. The van der Waals surface area contributed by atoms with Crippen LogP contribution < -0.4 is 5.73 Å². The summed E-state index contributed by atoms with van der Waals surface area (Å²) in [5.41, 5.74) is 6.93. The molecule has 4 heteroatoms. The zero-order valence-electron chi connectivity index (χ0n) is 8.17. The number of carbonyl (C=O) groups is 1. The summed E-state index contributed by atoms with van der Waals surface area (Å²) >= 11 is 0. The number of carboxylic acids is 1. The van der Waals surface area contributed by atoms with Gasteiger partial charge in [-0.2, -0.15) is 0 Å². The van der Waals surface area contributed by atoms with Crippen LogP contribution in [-0.2, 0) is 4.79 Å². The predicted octanol–water partition coefficient (Wildman–Crippen LogP) is 1.54. The number of hydrogen-bond acceptors (Lipinski definition) is 2. The van der Waals surface area contributed by atoms with Crippen molar-refractivity contribution in [2.75, 3.05) is 5.73 Å². The van der Waals surface area contributed by atoms with Crippen molar-refractivity contribution in [1.29, 1.82) is 0 Å². The van der Waals surface area contributed by atoms with Crippen molar-refractivity contribution in [3.05, 3.63) is 29.1 Å². The Morgan fingerprint density at radius 2 is 2.27 bits per heavy atom. The third kappa shape index (κ3) is 2.99. The van der Waals surface area contributed by atoms with Crippen LogP contribution in [0.2, 0.25) is 0 Å². The van der Waals surface area contributed by atoms with Gasteiger partial charge < -0.3 is 10.8 Å². The molecule has 0 amide bonds. The maximum Gasteiger partial charge on any atom is 0.315 e. The van der Waals surface area contributed by atoms with Gasteiger partial charge in [0.15, 0.2) is 0 Å². The van der Waals surface area contributed by atoms with Gasteiger partial charge in [-0.1, -0.05) is 11.8 Å². The molecule has 0 atom stereocenters. The van der Waals surface area contributed by atoms with E-state index in [1.165, 1.54) is 12.1 Å². The first-order valence-corrected chi connectivity index (χ1v) is 4.27. The van der Waals surface area contributed by atoms with Gasteiger partial charge >= 0.3 is 5.97 Å². The zero-order chi connectivity index (χ0) is 11.4. The highest BCUT2D eigenvalue weighted by Crippen LogP contribution is 2.17. The Balaban J connectivity index is 3.02. The summed E-state index contributed by atoms with van der Waals surface area (Å²) in [6, 6.07) is 2.44. The highest BCUT2D eigenvalue weighted by atomic mass is 19.1. The molecule has 0 aliphatic carbocycles. The van der Waals surface area contributed by atoms with E-state index >= 15 is 0 Å². The summed E-state index contributed by atoms with van der Waals surface area (Å²) in [4.78, 5) is 10.2. The third-order valence-corrected chi connectivity index (χ3v) is 1.88. The van der Waals surface area contributed by atoms with Crippen LogP contribution in [0.25, 0.3) is 0 Å². The molecule has 0 aliphatic heterocycles. The molecule has 0 spiro atoms. The van der Waals surface area contributed by atoms with Crippen molar-refractivity contribution >= 4 is 11.7 Å². The van der Waals surface area contributed by atoms with Gasteiger partial charge in [0, 0.05) is 11.3 Å². The number of rotatable bonds is 1. The lowest BCUT2D eigenvalue weighted by molar-refractivity contribution is -0.135. The lowest BCUT2D eigenvalue weighted by Crippen LogP contribution is -1.95. The fourth-order valence-corrected chi connectivity index (χ4v) is 1.04. The minimum Gasteiger partial charge on any atom is -0.481 e. The van der Waals surface area contributed by atoms with Gasteiger partial charge in [0.05, 0.1) is 0 Å². The molecule has 3 N–H and O–H groups in total. The molecule has 3 nitrogen and oxygen atoms in total. The highest BCUT2D eigenvalue weighted by Gasteiger charge is 2.02. The summed E-state index contributed by atoms with van der Waals surface area (Å²) in [6.45, 7) is 1.71. The second kappa shape index (κ2) is 4.47. The molecular formula is C11H10FNO2. The second-order valence-corrected chi connectivity index (χ2v) is 3.04. The molecule has 0 radical (unpaired) electrons. The van der Waals surface area contributed by atoms with Crippen molar-refractivity contribution in [3.8, 4) is 11.8 Å². The number of nitrogens with two attached hydrogens (primary N) is 1. The summed E-state index contributed by atoms with van der Waals surface area (Å²) in [5.74, 6) is 3.52. The van der Waals surface area contributed by atoms with Gasteiger partial charge in [0.25, 0.3) is 0 Å². The molecule has 1 rings (SSSR count). The van der Waals surface area contributed by atoms with E-state index in [0.717, 1.165) is 0 Å². The predicted molar refractivity (Wildman–Crippen MR) is 54.7 cm³/mol. The SMILES string of the molecule is Cc1c(N)cc(F)cc1C#CCC(=O)O. The van der Waals surface area contributed by atoms with E-state index in [2.05, 4.69) is 11.8 Å². The van der Waals surface area contributed by atoms with E-state index < -0.39 is 11.8 Å². The molecule has 1 aromatic rings. The molecule has 0 heterocycles. The Bertz CT molecular complexity index is 458. The van der Waals surface area contributed by atoms with Gasteiger partial charge in [-0.3, -0.25) is 4.79 Å². The van der Waals surface area contributed by atoms with Crippen molar-refractivity contribution in [3.63, 3.8) is 0 Å². The van der Waals surface area contributed by atoms with Crippen molar-refractivity contribution in [2.45, 2.75) is 13.3 Å². The Labute approximate surface area is 86.7 Å². The number of anilines is 1. The smallest absolute Gasteiger partial charge is 0.315 e. The first kappa shape index (κ1) is 11.1. The Hall–Kier alpha value is -2.02. The number of hydrogen-bond donors (Lipinski definition) is 2. The fraction of sp³-hybridized carbons (Fsp3) is 0.182. The van der Waals surface area contributed by atoms with Gasteiger partial charge in [-0.05, 0) is 24.6 Å². The third-order valence-electron chi connectivity index (χ3n) is 1.88. The summed E-state index contributed by atoms with van der Waals surface area (Å²) in [6.07, 6.45) is -0.268. The van der Waals surface area contributed by atoms with E-state index in [0.29, 0.717) is 16.8 Å². The standard InChI is InChI=1S/C11H10FNO2/c1-7-8(3-2-4-11(14)15)5-9(12)6-10(7)13/h5-6H,4,13H2,1H3,(H,14,15). The molecule has 0 aliphatic rings. The molecule has 0 unspecified atom stereocenters. The molecule has 0 saturated heterocycles. The fourth-order valence-electron chi connectivity index (χ4n) is 1.04. The van der Waals surface area contributed by atoms with Crippen molar-refractivity contribution < 1.29 is 14.3 Å². The van der Waals surface area contributed by atoms with Gasteiger partial charge in [-0.15, -0.1) is 0 Å². The molecule has 0 saturated carbocycles. The maximum atomic E-state index is 12.9. The first-order valence-electron chi connectivity index (χ1n) is 4.27. The monoisotopic (exact) mass is 207 g/mol. The Morgan fingerprint density at radius 3 is 2.87 bits per heavy atom. The topological polar surface area (TPSA) is 63.3 Å². The maximum absolute atomic E-state index is 12.9. The van der Waals surface area contributed by atoms with Crippen LogP contribution in [-0.4, -0.2) is 11.1 Å². The second-order valence-electron chi connectivity index (χ2n) is 3.04. The number of halogens is 1. The lowest BCUT2D eigenvalue weighted by Gasteiger charge is -2.02. The lowest BCUT2D eigenvalue weighted by atomic mass is 10.1. The highest BCUT2D eigenvalue weighted by molar-refractivity contribution is 5.70. The average Bonchev–Trinajstić information content (AvgIpc) is 2.12. The Morgan fingerprint density at radius 1 is 1.60 bits per heavy atom. The molecule has 78 valence electrons. The van der Waals surface area contributed by atoms with Crippen LogP contribution in [0.3, 0.4) is 0 Å².